The fraction of sp³-hybridized carbons (Fsp3) is 0.333. The lowest BCUT2D eigenvalue weighted by Crippen LogP contribution is -2.36. The summed E-state index contributed by atoms with van der Waals surface area (Å²) in [5, 5.41) is 5.09. The Kier molecular flexibility index (Phi) is 5.27. The lowest BCUT2D eigenvalue weighted by Gasteiger charge is -2.26. The molecule has 2 amide bonds. The molecule has 1 atom stereocenters. The summed E-state index contributed by atoms with van der Waals surface area (Å²) in [4.78, 5) is 27.2. The van der Waals surface area contributed by atoms with E-state index in [1.165, 1.54) is 17.7 Å². The van der Waals surface area contributed by atoms with Crippen molar-refractivity contribution in [1.82, 2.24) is 10.2 Å². The largest absolute Gasteiger partial charge is 0.366 e. The Morgan fingerprint density at radius 1 is 1.12 bits per heavy atom. The second-order valence-electron chi connectivity index (χ2n) is 5.93. The van der Waals surface area contributed by atoms with E-state index in [0.717, 1.165) is 13.1 Å². The molecule has 1 unspecified atom stereocenters. The van der Waals surface area contributed by atoms with Crippen LogP contribution < -0.4 is 11.1 Å². The summed E-state index contributed by atoms with van der Waals surface area (Å²) in [5.41, 5.74) is 6.16. The summed E-state index contributed by atoms with van der Waals surface area (Å²) >= 11 is 1.73. The SMILES string of the molecule is NC(=O)c1ccc(C(=O)NCC(c2cccs2)N2CCCC2)cc1. The molecule has 2 heterocycles. The average molecular weight is 343 g/mol. The smallest absolute Gasteiger partial charge is 0.251 e. The van der Waals surface area contributed by atoms with Crippen molar-refractivity contribution in [2.24, 2.45) is 5.73 Å². The number of nitrogens with two attached hydrogens (primary N) is 1. The van der Waals surface area contributed by atoms with E-state index in [0.29, 0.717) is 17.7 Å². The van der Waals surface area contributed by atoms with E-state index in [9.17, 15) is 9.59 Å². The van der Waals surface area contributed by atoms with Crippen LogP contribution in [-0.2, 0) is 0 Å². The lowest BCUT2D eigenvalue weighted by molar-refractivity contribution is 0.0936. The molecule has 0 bridgehead atoms. The van der Waals surface area contributed by atoms with Crippen molar-refractivity contribution in [3.63, 3.8) is 0 Å². The Morgan fingerprint density at radius 3 is 2.38 bits per heavy atom. The second kappa shape index (κ2) is 7.59. The van der Waals surface area contributed by atoms with Crippen LogP contribution in [0.3, 0.4) is 0 Å². The van der Waals surface area contributed by atoms with Gasteiger partial charge in [-0.05, 0) is 61.6 Å². The quantitative estimate of drug-likeness (QED) is 0.846. The second-order valence-corrected chi connectivity index (χ2v) is 6.91. The minimum atomic E-state index is -0.492. The number of nitrogens with zero attached hydrogens (tertiary/aromatic N) is 1. The minimum absolute atomic E-state index is 0.133. The van der Waals surface area contributed by atoms with E-state index in [2.05, 4.69) is 21.7 Å². The first-order valence-corrected chi connectivity index (χ1v) is 8.98. The van der Waals surface area contributed by atoms with Gasteiger partial charge in [-0.3, -0.25) is 14.5 Å². The molecule has 0 aliphatic carbocycles. The van der Waals surface area contributed by atoms with E-state index in [4.69, 9.17) is 5.73 Å². The van der Waals surface area contributed by atoms with Gasteiger partial charge >= 0.3 is 0 Å². The fourth-order valence-corrected chi connectivity index (χ4v) is 3.88. The van der Waals surface area contributed by atoms with E-state index in [1.807, 2.05) is 6.07 Å². The van der Waals surface area contributed by atoms with Gasteiger partial charge in [0.1, 0.15) is 0 Å². The third-order valence-electron chi connectivity index (χ3n) is 4.34. The molecule has 0 saturated carbocycles. The summed E-state index contributed by atoms with van der Waals surface area (Å²) in [6, 6.07) is 10.8. The molecule has 1 aromatic heterocycles. The first-order valence-electron chi connectivity index (χ1n) is 8.10. The van der Waals surface area contributed by atoms with Crippen LogP contribution in [0.5, 0.6) is 0 Å². The van der Waals surface area contributed by atoms with Crippen LogP contribution >= 0.6 is 11.3 Å². The van der Waals surface area contributed by atoms with Crippen molar-refractivity contribution < 1.29 is 9.59 Å². The van der Waals surface area contributed by atoms with Gasteiger partial charge in [-0.15, -0.1) is 11.3 Å². The number of amides is 2. The van der Waals surface area contributed by atoms with Crippen molar-refractivity contribution in [1.29, 1.82) is 0 Å². The topological polar surface area (TPSA) is 75.4 Å². The Hall–Kier alpha value is -2.18. The number of primary amides is 1. The van der Waals surface area contributed by atoms with E-state index in [-0.39, 0.29) is 11.9 Å². The number of rotatable bonds is 6. The van der Waals surface area contributed by atoms with Crippen molar-refractivity contribution in [2.45, 2.75) is 18.9 Å². The molecule has 0 radical (unpaired) electrons. The maximum Gasteiger partial charge on any atom is 0.251 e. The van der Waals surface area contributed by atoms with E-state index >= 15 is 0 Å². The zero-order valence-corrected chi connectivity index (χ0v) is 14.2. The predicted molar refractivity (Wildman–Crippen MR) is 95.2 cm³/mol. The highest BCUT2D eigenvalue weighted by Gasteiger charge is 2.24. The molecular weight excluding hydrogens is 322 g/mol. The number of likely N-dealkylation sites (tertiary alicyclic amines) is 1. The standard InChI is InChI=1S/C18H21N3O2S/c19-17(22)13-5-7-14(8-6-13)18(23)20-12-15(16-4-3-11-24-16)21-9-1-2-10-21/h3-8,11,15H,1-2,9-10,12H2,(H2,19,22)(H,20,23). The summed E-state index contributed by atoms with van der Waals surface area (Å²) in [6.45, 7) is 2.73. The molecule has 1 fully saturated rings. The number of hydrogen-bond donors (Lipinski definition) is 2. The minimum Gasteiger partial charge on any atom is -0.366 e. The Labute approximate surface area is 145 Å². The van der Waals surface area contributed by atoms with Gasteiger partial charge in [-0.1, -0.05) is 6.07 Å². The highest BCUT2D eigenvalue weighted by Crippen LogP contribution is 2.27. The van der Waals surface area contributed by atoms with Gasteiger partial charge in [0.25, 0.3) is 5.91 Å². The first kappa shape index (κ1) is 16.7. The third kappa shape index (κ3) is 3.83. The summed E-state index contributed by atoms with van der Waals surface area (Å²) in [7, 11) is 0. The fourth-order valence-electron chi connectivity index (χ4n) is 3.02. The molecule has 6 heteroatoms. The van der Waals surface area contributed by atoms with Crippen molar-refractivity contribution >= 4 is 23.2 Å². The summed E-state index contributed by atoms with van der Waals surface area (Å²) in [5.74, 6) is -0.625. The van der Waals surface area contributed by atoms with Gasteiger partial charge in [0, 0.05) is 22.5 Å². The molecule has 24 heavy (non-hydrogen) atoms. The van der Waals surface area contributed by atoms with Gasteiger partial charge in [-0.25, -0.2) is 0 Å². The number of thiophene rings is 1. The number of nitrogens with one attached hydrogen (secondary N) is 1. The molecule has 3 rings (SSSR count). The normalized spacial score (nSPS) is 16.0. The number of carbonyl (C=O) groups is 2. The van der Waals surface area contributed by atoms with Crippen LogP contribution in [0.4, 0.5) is 0 Å². The summed E-state index contributed by atoms with van der Waals surface area (Å²) in [6.07, 6.45) is 2.43. The molecule has 1 saturated heterocycles. The van der Waals surface area contributed by atoms with Gasteiger partial charge in [0.2, 0.25) is 5.91 Å². The van der Waals surface area contributed by atoms with Crippen LogP contribution in [0.15, 0.2) is 41.8 Å². The lowest BCUT2D eigenvalue weighted by atomic mass is 10.1. The number of benzene rings is 1. The number of carbonyl (C=O) groups excluding carboxylic acids is 2. The van der Waals surface area contributed by atoms with Gasteiger partial charge in [0.05, 0.1) is 6.04 Å². The van der Waals surface area contributed by atoms with Crippen LogP contribution in [-0.4, -0.2) is 36.3 Å². The molecule has 126 valence electrons. The van der Waals surface area contributed by atoms with Crippen molar-refractivity contribution in [2.75, 3.05) is 19.6 Å². The zero-order valence-electron chi connectivity index (χ0n) is 13.4. The van der Waals surface area contributed by atoms with Crippen molar-refractivity contribution in [3.05, 3.63) is 57.8 Å². The van der Waals surface area contributed by atoms with Crippen molar-refractivity contribution in [3.8, 4) is 0 Å². The highest BCUT2D eigenvalue weighted by molar-refractivity contribution is 7.10. The molecule has 1 aromatic carbocycles. The average Bonchev–Trinajstić information content (AvgIpc) is 3.29. The molecule has 1 aliphatic heterocycles. The van der Waals surface area contributed by atoms with Gasteiger partial charge in [-0.2, -0.15) is 0 Å². The van der Waals surface area contributed by atoms with Gasteiger partial charge < -0.3 is 11.1 Å². The molecule has 5 nitrogen and oxygen atoms in total. The monoisotopic (exact) mass is 343 g/mol. The zero-order chi connectivity index (χ0) is 16.9. The molecular formula is C18H21N3O2S. The van der Waals surface area contributed by atoms with Crippen LogP contribution in [0, 0.1) is 0 Å². The summed E-state index contributed by atoms with van der Waals surface area (Å²) < 4.78 is 0. The maximum absolute atomic E-state index is 12.4. The Bertz CT molecular complexity index is 692. The van der Waals surface area contributed by atoms with Crippen LogP contribution in [0.2, 0.25) is 0 Å². The van der Waals surface area contributed by atoms with Crippen LogP contribution in [0.1, 0.15) is 44.5 Å². The third-order valence-corrected chi connectivity index (χ3v) is 5.31. The highest BCUT2D eigenvalue weighted by atomic mass is 32.1. The predicted octanol–water partition coefficient (Wildman–Crippen LogP) is 2.41. The molecule has 0 spiro atoms. The maximum atomic E-state index is 12.4. The Morgan fingerprint density at radius 2 is 1.79 bits per heavy atom. The van der Waals surface area contributed by atoms with Crippen LogP contribution in [0.25, 0.3) is 0 Å². The molecule has 1 aliphatic rings. The molecule has 2 aromatic rings. The molecule has 3 N–H and O–H groups in total. The first-order chi connectivity index (χ1) is 11.6. The van der Waals surface area contributed by atoms with E-state index in [1.54, 1.807) is 35.6 Å². The number of hydrogen-bond acceptors (Lipinski definition) is 4. The Balaban J connectivity index is 1.65. The van der Waals surface area contributed by atoms with Gasteiger partial charge in [0.15, 0.2) is 0 Å². The van der Waals surface area contributed by atoms with E-state index < -0.39 is 5.91 Å².